The number of rotatable bonds is 5. The third-order valence-corrected chi connectivity index (χ3v) is 3.69. The molecule has 0 aliphatic carbocycles. The lowest BCUT2D eigenvalue weighted by Gasteiger charge is -2.26. The predicted molar refractivity (Wildman–Crippen MR) is 64.4 cm³/mol. The van der Waals surface area contributed by atoms with Gasteiger partial charge in [-0.15, -0.1) is 11.3 Å². The Kier molecular flexibility index (Phi) is 4.13. The average Bonchev–Trinajstić information content (AvgIpc) is 2.56. The van der Waals surface area contributed by atoms with Gasteiger partial charge in [-0.05, 0) is 13.0 Å². The first kappa shape index (κ1) is 13.2. The van der Waals surface area contributed by atoms with Crippen LogP contribution in [0.1, 0.15) is 14.5 Å². The third kappa shape index (κ3) is 3.17. The number of carbonyl (C=O) groups excluding carboxylic acids is 1. The molecule has 0 bridgehead atoms. The van der Waals surface area contributed by atoms with Gasteiger partial charge in [0, 0.05) is 30.4 Å². The molecule has 1 aliphatic rings. The van der Waals surface area contributed by atoms with Crippen molar-refractivity contribution >= 4 is 17.2 Å². The molecule has 7 heteroatoms. The maximum absolute atomic E-state index is 12.2. The second-order valence-corrected chi connectivity index (χ2v) is 5.42. The molecule has 1 fully saturated rings. The second-order valence-electron chi connectivity index (χ2n) is 4.16. The summed E-state index contributed by atoms with van der Waals surface area (Å²) in [6.07, 6.45) is 0. The first-order valence-electron chi connectivity index (χ1n) is 5.60. The fraction of sp³-hybridized carbons (Fsp3) is 0.545. The van der Waals surface area contributed by atoms with Gasteiger partial charge in [0.05, 0.1) is 0 Å². The number of thiophene rings is 1. The zero-order valence-corrected chi connectivity index (χ0v) is 10.7. The van der Waals surface area contributed by atoms with Crippen molar-refractivity contribution in [3.8, 4) is 5.75 Å². The highest BCUT2D eigenvalue weighted by Crippen LogP contribution is 2.30. The summed E-state index contributed by atoms with van der Waals surface area (Å²) in [5.41, 5.74) is 0. The van der Waals surface area contributed by atoms with Crippen molar-refractivity contribution in [2.75, 3.05) is 19.6 Å². The number of nitrogens with one attached hydrogen (secondary N) is 2. The normalized spacial score (nSPS) is 15.6. The number of hydrogen-bond donors (Lipinski definition) is 2. The number of ether oxygens (including phenoxy) is 1. The molecular weight excluding hydrogens is 262 g/mol. The van der Waals surface area contributed by atoms with E-state index in [9.17, 15) is 13.6 Å². The van der Waals surface area contributed by atoms with Crippen LogP contribution in [0, 0.1) is 12.8 Å². The number of carbonyl (C=O) groups is 1. The molecule has 0 atom stereocenters. The van der Waals surface area contributed by atoms with Crippen LogP contribution in [-0.2, 0) is 0 Å². The van der Waals surface area contributed by atoms with Gasteiger partial charge >= 0.3 is 6.61 Å². The van der Waals surface area contributed by atoms with E-state index in [-0.39, 0.29) is 16.5 Å². The highest BCUT2D eigenvalue weighted by molar-refractivity contribution is 7.14. The zero-order chi connectivity index (χ0) is 13.1. The Balaban J connectivity index is 1.98. The maximum atomic E-state index is 12.2. The monoisotopic (exact) mass is 276 g/mol. The standard InChI is InChI=1S/C11H14F2N2O2S/c1-6-2-8(17-11(12)13)9(18-6)10(16)15-5-7-3-14-4-7/h2,7,11,14H,3-5H2,1H3,(H,15,16). The zero-order valence-electron chi connectivity index (χ0n) is 9.83. The van der Waals surface area contributed by atoms with Crippen molar-refractivity contribution in [2.45, 2.75) is 13.5 Å². The Morgan fingerprint density at radius 1 is 1.67 bits per heavy atom. The molecule has 0 aromatic carbocycles. The SMILES string of the molecule is Cc1cc(OC(F)F)c(C(=O)NCC2CNC2)s1. The van der Waals surface area contributed by atoms with Gasteiger partial charge in [0.15, 0.2) is 0 Å². The summed E-state index contributed by atoms with van der Waals surface area (Å²) < 4.78 is 28.7. The third-order valence-electron chi connectivity index (χ3n) is 2.66. The number of hydrogen-bond acceptors (Lipinski definition) is 4. The molecule has 0 unspecified atom stereocenters. The van der Waals surface area contributed by atoms with Gasteiger partial charge in [-0.2, -0.15) is 8.78 Å². The molecule has 0 radical (unpaired) electrons. The second kappa shape index (κ2) is 5.62. The van der Waals surface area contributed by atoms with Crippen LogP contribution in [0.15, 0.2) is 6.07 Å². The highest BCUT2D eigenvalue weighted by atomic mass is 32.1. The lowest BCUT2D eigenvalue weighted by molar-refractivity contribution is -0.0498. The van der Waals surface area contributed by atoms with Crippen molar-refractivity contribution in [3.63, 3.8) is 0 Å². The number of aryl methyl sites for hydroxylation is 1. The molecule has 1 aromatic rings. The number of alkyl halides is 2. The molecule has 1 saturated heterocycles. The van der Waals surface area contributed by atoms with Gasteiger partial charge in [-0.25, -0.2) is 0 Å². The van der Waals surface area contributed by atoms with Gasteiger partial charge in [0.25, 0.3) is 5.91 Å². The topological polar surface area (TPSA) is 50.4 Å². The highest BCUT2D eigenvalue weighted by Gasteiger charge is 2.22. The Labute approximate surface area is 107 Å². The molecule has 0 saturated carbocycles. The largest absolute Gasteiger partial charge is 0.433 e. The lowest BCUT2D eigenvalue weighted by atomic mass is 10.0. The van der Waals surface area contributed by atoms with E-state index in [0.29, 0.717) is 12.5 Å². The molecule has 100 valence electrons. The molecule has 4 nitrogen and oxygen atoms in total. The fourth-order valence-electron chi connectivity index (χ4n) is 1.64. The van der Waals surface area contributed by atoms with Crippen molar-refractivity contribution < 1.29 is 18.3 Å². The average molecular weight is 276 g/mol. The molecule has 1 aromatic heterocycles. The molecular formula is C11H14F2N2O2S. The van der Waals surface area contributed by atoms with Gasteiger partial charge in [0.2, 0.25) is 0 Å². The van der Waals surface area contributed by atoms with E-state index in [1.54, 1.807) is 6.92 Å². The summed E-state index contributed by atoms with van der Waals surface area (Å²) in [6, 6.07) is 1.46. The summed E-state index contributed by atoms with van der Waals surface area (Å²) in [7, 11) is 0. The summed E-state index contributed by atoms with van der Waals surface area (Å²) in [5.74, 6) is 0.0295. The Morgan fingerprint density at radius 3 is 2.94 bits per heavy atom. The fourth-order valence-corrected chi connectivity index (χ4v) is 2.50. The van der Waals surface area contributed by atoms with Crippen LogP contribution in [0.2, 0.25) is 0 Å². The molecule has 18 heavy (non-hydrogen) atoms. The molecule has 2 heterocycles. The van der Waals surface area contributed by atoms with Crippen molar-refractivity contribution in [1.82, 2.24) is 10.6 Å². The molecule has 2 rings (SSSR count). The van der Waals surface area contributed by atoms with Crippen molar-refractivity contribution in [3.05, 3.63) is 15.8 Å². The van der Waals surface area contributed by atoms with Crippen LogP contribution in [0.4, 0.5) is 8.78 Å². The smallest absolute Gasteiger partial charge is 0.387 e. The van der Waals surface area contributed by atoms with Crippen LogP contribution in [0.5, 0.6) is 5.75 Å². The van der Waals surface area contributed by atoms with Gasteiger partial charge < -0.3 is 15.4 Å². The summed E-state index contributed by atoms with van der Waals surface area (Å²) in [6.45, 7) is 1.14. The van der Waals surface area contributed by atoms with Crippen LogP contribution >= 0.6 is 11.3 Å². The van der Waals surface area contributed by atoms with Gasteiger partial charge in [-0.1, -0.05) is 0 Å². The molecule has 0 spiro atoms. The van der Waals surface area contributed by atoms with Crippen molar-refractivity contribution in [1.29, 1.82) is 0 Å². The van der Waals surface area contributed by atoms with E-state index in [4.69, 9.17) is 0 Å². The first-order valence-corrected chi connectivity index (χ1v) is 6.42. The summed E-state index contributed by atoms with van der Waals surface area (Å²) in [5, 5.41) is 5.83. The maximum Gasteiger partial charge on any atom is 0.387 e. The molecule has 1 aliphatic heterocycles. The van der Waals surface area contributed by atoms with Crippen LogP contribution < -0.4 is 15.4 Å². The minimum atomic E-state index is -2.92. The summed E-state index contributed by atoms with van der Waals surface area (Å²) in [4.78, 5) is 12.8. The van der Waals surface area contributed by atoms with E-state index < -0.39 is 6.61 Å². The van der Waals surface area contributed by atoms with Crippen LogP contribution in [0.25, 0.3) is 0 Å². The van der Waals surface area contributed by atoms with Crippen LogP contribution in [-0.4, -0.2) is 32.2 Å². The van der Waals surface area contributed by atoms with E-state index in [2.05, 4.69) is 15.4 Å². The predicted octanol–water partition coefficient (Wildman–Crippen LogP) is 1.61. The lowest BCUT2D eigenvalue weighted by Crippen LogP contribution is -2.48. The number of amides is 1. The minimum Gasteiger partial charge on any atom is -0.433 e. The number of halogens is 2. The van der Waals surface area contributed by atoms with Crippen molar-refractivity contribution in [2.24, 2.45) is 5.92 Å². The Hall–Kier alpha value is -1.21. The molecule has 1 amide bonds. The summed E-state index contributed by atoms with van der Waals surface area (Å²) >= 11 is 1.16. The van der Waals surface area contributed by atoms with E-state index >= 15 is 0 Å². The van der Waals surface area contributed by atoms with E-state index in [1.165, 1.54) is 6.07 Å². The van der Waals surface area contributed by atoms with Crippen LogP contribution in [0.3, 0.4) is 0 Å². The Bertz CT molecular complexity index is 433. The minimum absolute atomic E-state index is 0.0447. The van der Waals surface area contributed by atoms with E-state index in [1.807, 2.05) is 0 Å². The van der Waals surface area contributed by atoms with E-state index in [0.717, 1.165) is 29.3 Å². The van der Waals surface area contributed by atoms with Gasteiger partial charge in [-0.3, -0.25) is 4.79 Å². The Morgan fingerprint density at radius 2 is 2.39 bits per heavy atom. The first-order chi connectivity index (χ1) is 8.56. The molecule has 2 N–H and O–H groups in total. The van der Waals surface area contributed by atoms with Gasteiger partial charge in [0.1, 0.15) is 10.6 Å². The quantitative estimate of drug-likeness (QED) is 0.859.